The zero-order chi connectivity index (χ0) is 11.9. The highest BCUT2D eigenvalue weighted by Crippen LogP contribution is 2.29. The number of carbonyl (C=O) groups is 2. The Bertz CT molecular complexity index is 327. The second-order valence-electron chi connectivity index (χ2n) is 3.42. The van der Waals surface area contributed by atoms with Crippen LogP contribution in [0, 0.1) is 0 Å². The molecule has 2 aliphatic rings. The van der Waals surface area contributed by atoms with Crippen LogP contribution in [-0.4, -0.2) is 56.7 Å². The Morgan fingerprint density at radius 1 is 1.00 bits per heavy atom. The van der Waals surface area contributed by atoms with Gasteiger partial charge in [0.25, 0.3) is 0 Å². The molecule has 4 amide bonds. The fourth-order valence-electron chi connectivity index (χ4n) is 1.99. The number of thiol groups is 3. The second kappa shape index (κ2) is 4.46. The minimum atomic E-state index is -0.364. The van der Waals surface area contributed by atoms with Gasteiger partial charge in [-0.25, -0.2) is 9.59 Å². The fourth-order valence-corrected chi connectivity index (χ4v) is 2.87. The number of hydrogen-bond donors (Lipinski definition) is 4. The van der Waals surface area contributed by atoms with Crippen LogP contribution in [0.15, 0.2) is 0 Å². The normalized spacial score (nSPS) is 28.8. The molecular weight excluding hydrogens is 268 g/mol. The lowest BCUT2D eigenvalue weighted by Crippen LogP contribution is -2.45. The van der Waals surface area contributed by atoms with Crippen LogP contribution in [0.5, 0.6) is 0 Å². The number of urea groups is 2. The van der Waals surface area contributed by atoms with Gasteiger partial charge in [0.15, 0.2) is 6.17 Å². The molecule has 16 heavy (non-hydrogen) atoms. The summed E-state index contributed by atoms with van der Waals surface area (Å²) < 4.78 is 0. The third-order valence-electron chi connectivity index (χ3n) is 2.74. The van der Waals surface area contributed by atoms with Crippen LogP contribution in [-0.2, 0) is 0 Å². The lowest BCUT2D eigenvalue weighted by molar-refractivity contribution is 0.155. The van der Waals surface area contributed by atoms with Gasteiger partial charge in [-0.1, -0.05) is 0 Å². The molecule has 6 nitrogen and oxygen atoms in total. The second-order valence-corrected chi connectivity index (χ2v) is 4.27. The SMILES string of the molecule is O=C1NC2C(N1CS)N(CS)C(=O)N2CS. The summed E-state index contributed by atoms with van der Waals surface area (Å²) in [5.41, 5.74) is 0. The van der Waals surface area contributed by atoms with Gasteiger partial charge in [0.2, 0.25) is 0 Å². The number of fused-ring (bicyclic) bond motifs is 1. The first kappa shape index (κ1) is 12.1. The molecule has 2 fully saturated rings. The summed E-state index contributed by atoms with van der Waals surface area (Å²) in [7, 11) is 0. The minimum Gasteiger partial charge on any atom is -0.314 e. The highest BCUT2D eigenvalue weighted by molar-refractivity contribution is 7.80. The quantitative estimate of drug-likeness (QED) is 0.553. The summed E-state index contributed by atoms with van der Waals surface area (Å²) in [5.74, 6) is 0.763. The molecule has 0 aliphatic carbocycles. The Labute approximate surface area is 110 Å². The predicted molar refractivity (Wildman–Crippen MR) is 68.6 cm³/mol. The van der Waals surface area contributed by atoms with E-state index in [4.69, 9.17) is 0 Å². The first-order valence-corrected chi connectivity index (χ1v) is 6.52. The van der Waals surface area contributed by atoms with Crippen molar-refractivity contribution in [1.82, 2.24) is 20.0 Å². The molecule has 0 aromatic rings. The van der Waals surface area contributed by atoms with Crippen molar-refractivity contribution in [3.63, 3.8) is 0 Å². The number of nitrogens with zero attached hydrogens (tertiary/aromatic N) is 3. The van der Waals surface area contributed by atoms with Crippen molar-refractivity contribution in [2.75, 3.05) is 17.6 Å². The maximum atomic E-state index is 11.9. The maximum absolute atomic E-state index is 11.9. The van der Waals surface area contributed by atoms with Crippen LogP contribution in [0.2, 0.25) is 0 Å². The predicted octanol–water partition coefficient (Wildman–Crippen LogP) is 0.0633. The third kappa shape index (κ3) is 1.52. The average molecular weight is 280 g/mol. The van der Waals surface area contributed by atoms with Gasteiger partial charge >= 0.3 is 12.1 Å². The summed E-state index contributed by atoms with van der Waals surface area (Å²) in [6.45, 7) is 0. The van der Waals surface area contributed by atoms with Crippen LogP contribution in [0.1, 0.15) is 0 Å². The topological polar surface area (TPSA) is 55.9 Å². The van der Waals surface area contributed by atoms with Gasteiger partial charge in [0.05, 0.1) is 17.6 Å². The summed E-state index contributed by atoms with van der Waals surface area (Å²) in [6, 6.07) is -0.400. The largest absolute Gasteiger partial charge is 0.324 e. The Morgan fingerprint density at radius 3 is 2.06 bits per heavy atom. The van der Waals surface area contributed by atoms with Crippen molar-refractivity contribution in [3.05, 3.63) is 0 Å². The van der Waals surface area contributed by atoms with E-state index in [2.05, 4.69) is 43.2 Å². The van der Waals surface area contributed by atoms with Crippen molar-refractivity contribution in [1.29, 1.82) is 0 Å². The van der Waals surface area contributed by atoms with Crippen LogP contribution < -0.4 is 5.32 Å². The standard InChI is InChI=1S/C7H12N4O2S3/c12-6-8-4-5(10(6)2-15)11(3-16)7(13)9(4)1-14/h4-5,14-16H,1-3H2,(H,8,12). The van der Waals surface area contributed by atoms with E-state index in [0.29, 0.717) is 0 Å². The van der Waals surface area contributed by atoms with Crippen LogP contribution in [0.25, 0.3) is 0 Å². The molecular formula is C7H12N4O2S3. The zero-order valence-electron chi connectivity index (χ0n) is 8.28. The summed E-state index contributed by atoms with van der Waals surface area (Å²) in [6.07, 6.45) is -0.709. The van der Waals surface area contributed by atoms with Gasteiger partial charge in [0, 0.05) is 0 Å². The molecule has 0 saturated carbocycles. The number of rotatable bonds is 3. The third-order valence-corrected chi connectivity index (χ3v) is 3.65. The van der Waals surface area contributed by atoms with Crippen molar-refractivity contribution in [3.8, 4) is 0 Å². The van der Waals surface area contributed by atoms with Crippen molar-refractivity contribution in [2.24, 2.45) is 0 Å². The van der Waals surface area contributed by atoms with E-state index in [-0.39, 0.29) is 42.0 Å². The number of amides is 4. The van der Waals surface area contributed by atoms with E-state index < -0.39 is 0 Å². The van der Waals surface area contributed by atoms with Crippen molar-refractivity contribution < 1.29 is 9.59 Å². The van der Waals surface area contributed by atoms with Crippen LogP contribution in [0.4, 0.5) is 9.59 Å². The van der Waals surface area contributed by atoms with Crippen molar-refractivity contribution >= 4 is 49.9 Å². The molecule has 0 aromatic carbocycles. The fraction of sp³-hybridized carbons (Fsp3) is 0.714. The van der Waals surface area contributed by atoms with Crippen LogP contribution in [0.3, 0.4) is 0 Å². The van der Waals surface area contributed by atoms with Gasteiger partial charge in [0.1, 0.15) is 6.17 Å². The number of nitrogens with one attached hydrogen (secondary N) is 1. The van der Waals surface area contributed by atoms with E-state index in [0.717, 1.165) is 0 Å². The summed E-state index contributed by atoms with van der Waals surface area (Å²) in [5, 5.41) is 2.73. The van der Waals surface area contributed by atoms with Gasteiger partial charge in [-0.15, -0.1) is 0 Å². The molecule has 2 heterocycles. The molecule has 0 radical (unpaired) electrons. The summed E-state index contributed by atoms with van der Waals surface area (Å²) >= 11 is 12.3. The van der Waals surface area contributed by atoms with Gasteiger partial charge in [-0.2, -0.15) is 37.9 Å². The first-order chi connectivity index (χ1) is 7.65. The average Bonchev–Trinajstić information content (AvgIpc) is 2.70. The maximum Gasteiger partial charge on any atom is 0.324 e. The van der Waals surface area contributed by atoms with Gasteiger partial charge in [-0.3, -0.25) is 14.7 Å². The molecule has 1 N–H and O–H groups in total. The van der Waals surface area contributed by atoms with Crippen molar-refractivity contribution in [2.45, 2.75) is 12.3 Å². The molecule has 2 atom stereocenters. The van der Waals surface area contributed by atoms with E-state index in [1.807, 2.05) is 0 Å². The Hall–Kier alpha value is -0.410. The first-order valence-electron chi connectivity index (χ1n) is 4.62. The van der Waals surface area contributed by atoms with Gasteiger partial charge in [-0.05, 0) is 0 Å². The summed E-state index contributed by atoms with van der Waals surface area (Å²) in [4.78, 5) is 28.0. The number of carbonyl (C=O) groups excluding carboxylic acids is 2. The van der Waals surface area contributed by atoms with E-state index in [1.54, 1.807) is 0 Å². The Kier molecular flexibility index (Phi) is 3.36. The monoisotopic (exact) mass is 280 g/mol. The highest BCUT2D eigenvalue weighted by Gasteiger charge is 2.53. The van der Waals surface area contributed by atoms with E-state index in [1.165, 1.54) is 14.7 Å². The molecule has 2 rings (SSSR count). The molecule has 9 heteroatoms. The molecule has 2 unspecified atom stereocenters. The molecule has 90 valence electrons. The highest BCUT2D eigenvalue weighted by atomic mass is 32.1. The lowest BCUT2D eigenvalue weighted by atomic mass is 10.4. The molecule has 0 bridgehead atoms. The Morgan fingerprint density at radius 2 is 1.56 bits per heavy atom. The lowest BCUT2D eigenvalue weighted by Gasteiger charge is -2.26. The number of hydrogen-bond acceptors (Lipinski definition) is 5. The molecule has 2 aliphatic heterocycles. The van der Waals surface area contributed by atoms with Gasteiger partial charge < -0.3 is 5.32 Å². The van der Waals surface area contributed by atoms with Crippen LogP contribution >= 0.6 is 37.9 Å². The molecule has 2 saturated heterocycles. The van der Waals surface area contributed by atoms with E-state index >= 15 is 0 Å². The molecule has 0 aromatic heterocycles. The Balaban J connectivity index is 2.31. The minimum absolute atomic E-state index is 0.174. The molecule has 0 spiro atoms. The smallest absolute Gasteiger partial charge is 0.314 e. The zero-order valence-corrected chi connectivity index (χ0v) is 11.0. The van der Waals surface area contributed by atoms with E-state index in [9.17, 15) is 9.59 Å².